The normalized spacial score (nSPS) is 32.0. The van der Waals surface area contributed by atoms with Gasteiger partial charge in [0.2, 0.25) is 0 Å². The van der Waals surface area contributed by atoms with E-state index < -0.39 is 0 Å². The van der Waals surface area contributed by atoms with Gasteiger partial charge in [0.25, 0.3) is 0 Å². The predicted molar refractivity (Wildman–Crippen MR) is 67.9 cm³/mol. The van der Waals surface area contributed by atoms with Crippen LogP contribution in [0, 0.1) is 11.8 Å². The van der Waals surface area contributed by atoms with Gasteiger partial charge in [0.15, 0.2) is 0 Å². The molecule has 2 saturated heterocycles. The van der Waals surface area contributed by atoms with Gasteiger partial charge in [0.1, 0.15) is 0 Å². The molecule has 2 heterocycles. The van der Waals surface area contributed by atoms with E-state index in [9.17, 15) is 4.79 Å². The van der Waals surface area contributed by atoms with Crippen molar-refractivity contribution in [3.63, 3.8) is 0 Å². The van der Waals surface area contributed by atoms with Crippen molar-refractivity contribution >= 4 is 6.09 Å². The molecule has 3 heteroatoms. The number of carbonyl (C=O) groups excluding carboxylic acids is 1. The number of rotatable bonds is 3. The fraction of sp³-hybridized carbons (Fsp3) is 0.929. The van der Waals surface area contributed by atoms with Crippen molar-refractivity contribution in [1.29, 1.82) is 0 Å². The Labute approximate surface area is 105 Å². The van der Waals surface area contributed by atoms with Crippen LogP contribution in [0.2, 0.25) is 0 Å². The van der Waals surface area contributed by atoms with Crippen LogP contribution < -0.4 is 0 Å². The van der Waals surface area contributed by atoms with Gasteiger partial charge < -0.3 is 9.64 Å². The van der Waals surface area contributed by atoms with Gasteiger partial charge in [0, 0.05) is 12.1 Å². The lowest BCUT2D eigenvalue weighted by Crippen LogP contribution is -2.46. The summed E-state index contributed by atoms with van der Waals surface area (Å²) in [5.74, 6) is 1.24. The van der Waals surface area contributed by atoms with Crippen molar-refractivity contribution < 1.29 is 9.53 Å². The summed E-state index contributed by atoms with van der Waals surface area (Å²) in [6.45, 7) is 6.96. The first-order valence-corrected chi connectivity index (χ1v) is 7.06. The van der Waals surface area contributed by atoms with E-state index >= 15 is 0 Å². The summed E-state index contributed by atoms with van der Waals surface area (Å²) in [6.07, 6.45) is 5.91. The Hall–Kier alpha value is -0.730. The van der Waals surface area contributed by atoms with Crippen LogP contribution in [0.4, 0.5) is 4.79 Å². The maximum atomic E-state index is 12.1. The summed E-state index contributed by atoms with van der Waals surface area (Å²) in [7, 11) is 0. The van der Waals surface area contributed by atoms with E-state index in [0.717, 1.165) is 5.92 Å². The summed E-state index contributed by atoms with van der Waals surface area (Å²) in [4.78, 5) is 14.1. The molecule has 0 saturated carbocycles. The molecule has 0 aliphatic carbocycles. The highest BCUT2D eigenvalue weighted by Gasteiger charge is 2.43. The maximum absolute atomic E-state index is 12.1. The molecule has 2 rings (SSSR count). The number of hydrogen-bond acceptors (Lipinski definition) is 2. The van der Waals surface area contributed by atoms with Crippen LogP contribution in [0.1, 0.15) is 52.9 Å². The summed E-state index contributed by atoms with van der Waals surface area (Å²) in [6, 6.07) is 0.914. The second-order valence-electron chi connectivity index (χ2n) is 6.01. The van der Waals surface area contributed by atoms with E-state index in [4.69, 9.17) is 4.74 Å². The molecule has 2 unspecified atom stereocenters. The second-order valence-corrected chi connectivity index (χ2v) is 6.01. The van der Waals surface area contributed by atoms with Crippen LogP contribution in [0.3, 0.4) is 0 Å². The third-order valence-electron chi connectivity index (χ3n) is 4.16. The van der Waals surface area contributed by atoms with E-state index in [1.807, 2.05) is 4.90 Å². The molecule has 2 aliphatic rings. The lowest BCUT2D eigenvalue weighted by atomic mass is 9.89. The first-order chi connectivity index (χ1) is 8.11. The van der Waals surface area contributed by atoms with Crippen LogP contribution in [0.5, 0.6) is 0 Å². The molecule has 0 spiro atoms. The van der Waals surface area contributed by atoms with Gasteiger partial charge in [-0.2, -0.15) is 0 Å². The Kier molecular flexibility index (Phi) is 3.95. The number of hydrogen-bond donors (Lipinski definition) is 0. The molecule has 2 bridgehead atoms. The van der Waals surface area contributed by atoms with Gasteiger partial charge in [-0.05, 0) is 37.5 Å². The Morgan fingerprint density at radius 1 is 1.29 bits per heavy atom. The molecule has 17 heavy (non-hydrogen) atoms. The van der Waals surface area contributed by atoms with Crippen molar-refractivity contribution in [3.8, 4) is 0 Å². The first-order valence-electron chi connectivity index (χ1n) is 7.06. The molecule has 0 aromatic rings. The minimum atomic E-state index is -0.0687. The minimum absolute atomic E-state index is 0.0687. The third kappa shape index (κ3) is 2.75. The Bertz CT molecular complexity index is 263. The molecule has 2 atom stereocenters. The first kappa shape index (κ1) is 12.7. The number of ether oxygens (including phenoxy) is 1. The smallest absolute Gasteiger partial charge is 0.410 e. The van der Waals surface area contributed by atoms with Gasteiger partial charge >= 0.3 is 6.09 Å². The highest BCUT2D eigenvalue weighted by molar-refractivity contribution is 5.69. The van der Waals surface area contributed by atoms with Crippen molar-refractivity contribution in [2.75, 3.05) is 6.61 Å². The van der Waals surface area contributed by atoms with Crippen LogP contribution >= 0.6 is 0 Å². The molecule has 0 aromatic carbocycles. The molecule has 2 fully saturated rings. The fourth-order valence-corrected chi connectivity index (χ4v) is 3.23. The highest BCUT2D eigenvalue weighted by Crippen LogP contribution is 2.40. The number of amides is 1. The van der Waals surface area contributed by atoms with E-state index in [1.54, 1.807) is 0 Å². The summed E-state index contributed by atoms with van der Waals surface area (Å²) in [5, 5.41) is 0. The topological polar surface area (TPSA) is 29.5 Å². The Morgan fingerprint density at radius 3 is 2.35 bits per heavy atom. The molecule has 0 radical (unpaired) electrons. The molecule has 98 valence electrons. The maximum Gasteiger partial charge on any atom is 0.410 e. The van der Waals surface area contributed by atoms with Crippen molar-refractivity contribution in [3.05, 3.63) is 0 Å². The molecule has 3 nitrogen and oxygen atoms in total. The summed E-state index contributed by atoms with van der Waals surface area (Å²) >= 11 is 0. The lowest BCUT2D eigenvalue weighted by Gasteiger charge is -2.38. The number of fused-ring (bicyclic) bond motifs is 2. The Morgan fingerprint density at radius 2 is 1.88 bits per heavy atom. The zero-order valence-corrected chi connectivity index (χ0v) is 11.3. The highest BCUT2D eigenvalue weighted by atomic mass is 16.6. The van der Waals surface area contributed by atoms with Crippen molar-refractivity contribution in [2.45, 2.75) is 65.0 Å². The van der Waals surface area contributed by atoms with E-state index in [1.165, 1.54) is 32.1 Å². The van der Waals surface area contributed by atoms with Gasteiger partial charge in [-0.25, -0.2) is 4.79 Å². The van der Waals surface area contributed by atoms with Gasteiger partial charge in [-0.15, -0.1) is 0 Å². The SMILES string of the molecule is CCC1CC2CCC(C1)N2C(=O)OCC(C)C. The zero-order chi connectivity index (χ0) is 12.4. The van der Waals surface area contributed by atoms with Crippen molar-refractivity contribution in [1.82, 2.24) is 4.90 Å². The van der Waals surface area contributed by atoms with E-state index in [2.05, 4.69) is 20.8 Å². The molecule has 0 aromatic heterocycles. The molecular weight excluding hydrogens is 214 g/mol. The quantitative estimate of drug-likeness (QED) is 0.755. The minimum Gasteiger partial charge on any atom is -0.449 e. The van der Waals surface area contributed by atoms with Crippen LogP contribution in [0.15, 0.2) is 0 Å². The van der Waals surface area contributed by atoms with Crippen molar-refractivity contribution in [2.24, 2.45) is 11.8 Å². The molecule has 1 amide bonds. The van der Waals surface area contributed by atoms with Gasteiger partial charge in [-0.1, -0.05) is 27.2 Å². The van der Waals surface area contributed by atoms with E-state index in [0.29, 0.717) is 24.6 Å². The monoisotopic (exact) mass is 239 g/mol. The zero-order valence-electron chi connectivity index (χ0n) is 11.3. The van der Waals surface area contributed by atoms with Crippen LogP contribution in [-0.4, -0.2) is 29.7 Å². The lowest BCUT2D eigenvalue weighted by molar-refractivity contribution is 0.0506. The standard InChI is InChI=1S/C14H25NO2/c1-4-11-7-12-5-6-13(8-11)15(12)14(16)17-9-10(2)3/h10-13H,4-9H2,1-3H3. The number of piperidine rings is 1. The second kappa shape index (κ2) is 5.28. The number of carbonyl (C=O) groups is 1. The largest absolute Gasteiger partial charge is 0.449 e. The predicted octanol–water partition coefficient (Wildman–Crippen LogP) is 3.43. The van der Waals surface area contributed by atoms with E-state index in [-0.39, 0.29) is 6.09 Å². The van der Waals surface area contributed by atoms with Gasteiger partial charge in [-0.3, -0.25) is 0 Å². The molecule has 2 aliphatic heterocycles. The third-order valence-corrected chi connectivity index (χ3v) is 4.16. The van der Waals surface area contributed by atoms with Gasteiger partial charge in [0.05, 0.1) is 6.61 Å². The van der Waals surface area contributed by atoms with Crippen LogP contribution in [0.25, 0.3) is 0 Å². The Balaban J connectivity index is 1.92. The average Bonchev–Trinajstić information content (AvgIpc) is 2.57. The average molecular weight is 239 g/mol. The molecule has 0 N–H and O–H groups in total. The summed E-state index contributed by atoms with van der Waals surface area (Å²) in [5.41, 5.74) is 0. The number of nitrogens with zero attached hydrogens (tertiary/aromatic N) is 1. The van der Waals surface area contributed by atoms with Crippen LogP contribution in [-0.2, 0) is 4.74 Å². The summed E-state index contributed by atoms with van der Waals surface area (Å²) < 4.78 is 5.38. The fourth-order valence-electron chi connectivity index (χ4n) is 3.23. The molecular formula is C14H25NO2.